The molecule has 0 radical (unpaired) electrons. The van der Waals surface area contributed by atoms with E-state index in [9.17, 15) is 8.42 Å². The van der Waals surface area contributed by atoms with E-state index in [2.05, 4.69) is 20.7 Å². The molecule has 0 heterocycles. The summed E-state index contributed by atoms with van der Waals surface area (Å²) >= 11 is 4.86. The molecule has 0 aromatic heterocycles. The number of rotatable bonds is 5. The maximum absolute atomic E-state index is 12.0. The van der Waals surface area contributed by atoms with Crippen LogP contribution in [-0.4, -0.2) is 27.0 Å². The normalized spacial score (nSPS) is 11.7. The van der Waals surface area contributed by atoms with Crippen molar-refractivity contribution in [2.75, 3.05) is 24.3 Å². The fraction of sp³-hybridized carbons (Fsp3) is 0.400. The number of thioether (sulfide) groups is 1. The van der Waals surface area contributed by atoms with E-state index in [-0.39, 0.29) is 4.90 Å². The van der Waals surface area contributed by atoms with Crippen LogP contribution in [0.1, 0.15) is 5.56 Å². The molecule has 1 aromatic rings. The number of hydrogen-bond donors (Lipinski definition) is 2. The van der Waals surface area contributed by atoms with Crippen molar-refractivity contribution >= 4 is 43.4 Å². The molecule has 0 amide bonds. The molecular weight excluding hydrogens is 324 g/mol. The van der Waals surface area contributed by atoms with Crippen LogP contribution in [0.4, 0.5) is 5.69 Å². The molecule has 0 saturated heterocycles. The topological polar surface area (TPSA) is 72.2 Å². The molecule has 0 saturated carbocycles. The first-order valence-electron chi connectivity index (χ1n) is 4.92. The number of hydrogen-bond acceptors (Lipinski definition) is 4. The average molecular weight is 339 g/mol. The largest absolute Gasteiger partial charge is 0.398 e. The number of anilines is 1. The Morgan fingerprint density at radius 1 is 1.47 bits per heavy atom. The lowest BCUT2D eigenvalue weighted by molar-refractivity contribution is 0.583. The van der Waals surface area contributed by atoms with Gasteiger partial charge in [-0.05, 0) is 46.8 Å². The van der Waals surface area contributed by atoms with E-state index >= 15 is 0 Å². The molecule has 0 aliphatic rings. The third kappa shape index (κ3) is 3.87. The van der Waals surface area contributed by atoms with Gasteiger partial charge in [-0.3, -0.25) is 0 Å². The van der Waals surface area contributed by atoms with Crippen LogP contribution in [0, 0.1) is 6.92 Å². The molecule has 0 unspecified atom stereocenters. The van der Waals surface area contributed by atoms with E-state index in [1.807, 2.05) is 6.26 Å². The van der Waals surface area contributed by atoms with E-state index < -0.39 is 10.0 Å². The highest BCUT2D eigenvalue weighted by Crippen LogP contribution is 2.26. The summed E-state index contributed by atoms with van der Waals surface area (Å²) < 4.78 is 27.3. The van der Waals surface area contributed by atoms with Crippen LogP contribution >= 0.6 is 27.7 Å². The molecule has 0 aliphatic carbocycles. The van der Waals surface area contributed by atoms with Crippen molar-refractivity contribution < 1.29 is 8.42 Å². The Balaban J connectivity index is 3.03. The molecule has 96 valence electrons. The number of nitrogen functional groups attached to an aromatic ring is 1. The van der Waals surface area contributed by atoms with Crippen LogP contribution < -0.4 is 10.5 Å². The van der Waals surface area contributed by atoms with Crippen molar-refractivity contribution in [1.82, 2.24) is 4.72 Å². The smallest absolute Gasteiger partial charge is 0.240 e. The summed E-state index contributed by atoms with van der Waals surface area (Å²) in [7, 11) is -3.47. The van der Waals surface area contributed by atoms with Crippen molar-refractivity contribution in [3.63, 3.8) is 0 Å². The van der Waals surface area contributed by atoms with Crippen molar-refractivity contribution in [1.29, 1.82) is 0 Å². The number of aryl methyl sites for hydroxylation is 1. The Morgan fingerprint density at radius 2 is 2.12 bits per heavy atom. The molecular formula is C10H15BrN2O2S2. The molecule has 4 nitrogen and oxygen atoms in total. The van der Waals surface area contributed by atoms with Gasteiger partial charge in [0.2, 0.25) is 10.0 Å². The number of halogens is 1. The molecule has 17 heavy (non-hydrogen) atoms. The highest BCUT2D eigenvalue weighted by molar-refractivity contribution is 9.10. The van der Waals surface area contributed by atoms with Gasteiger partial charge < -0.3 is 5.73 Å². The summed E-state index contributed by atoms with van der Waals surface area (Å²) in [6.45, 7) is 2.16. The average Bonchev–Trinajstić information content (AvgIpc) is 2.23. The second-order valence-corrected chi connectivity index (χ2v) is 7.11. The first-order valence-corrected chi connectivity index (χ1v) is 8.59. The second kappa shape index (κ2) is 6.08. The first-order chi connectivity index (χ1) is 7.88. The van der Waals surface area contributed by atoms with Crippen molar-refractivity contribution in [2.24, 2.45) is 0 Å². The lowest BCUT2D eigenvalue weighted by atomic mass is 10.2. The van der Waals surface area contributed by atoms with Crippen molar-refractivity contribution in [2.45, 2.75) is 11.8 Å². The zero-order chi connectivity index (χ0) is 13.1. The Bertz CT molecular complexity index is 503. The summed E-state index contributed by atoms with van der Waals surface area (Å²) in [5.74, 6) is 0.740. The van der Waals surface area contributed by atoms with Crippen LogP contribution in [0.3, 0.4) is 0 Å². The molecule has 0 atom stereocenters. The Kier molecular flexibility index (Phi) is 5.30. The maximum Gasteiger partial charge on any atom is 0.240 e. The molecule has 7 heteroatoms. The van der Waals surface area contributed by atoms with Crippen molar-refractivity contribution in [3.05, 3.63) is 22.2 Å². The minimum atomic E-state index is -3.47. The summed E-state index contributed by atoms with van der Waals surface area (Å²) in [6.07, 6.45) is 1.93. The lowest BCUT2D eigenvalue weighted by Gasteiger charge is -2.10. The van der Waals surface area contributed by atoms with Gasteiger partial charge in [0, 0.05) is 22.5 Å². The minimum Gasteiger partial charge on any atom is -0.398 e. The molecule has 0 bridgehead atoms. The molecule has 1 aromatic carbocycles. The molecule has 1 rings (SSSR count). The fourth-order valence-corrected chi connectivity index (χ4v) is 3.50. The van der Waals surface area contributed by atoms with Crippen LogP contribution in [0.15, 0.2) is 21.5 Å². The van der Waals surface area contributed by atoms with Crippen LogP contribution in [0.25, 0.3) is 0 Å². The summed E-state index contributed by atoms with van der Waals surface area (Å²) in [5.41, 5.74) is 6.78. The van der Waals surface area contributed by atoms with Crippen LogP contribution in [0.2, 0.25) is 0 Å². The van der Waals surface area contributed by atoms with Crippen LogP contribution in [0.5, 0.6) is 0 Å². The second-order valence-electron chi connectivity index (χ2n) is 3.53. The van der Waals surface area contributed by atoms with Gasteiger partial charge in [0.25, 0.3) is 0 Å². The predicted molar refractivity (Wildman–Crippen MR) is 76.9 cm³/mol. The Hall–Kier alpha value is -0.240. The van der Waals surface area contributed by atoms with Gasteiger partial charge in [-0.25, -0.2) is 13.1 Å². The number of nitrogens with two attached hydrogens (primary N) is 1. The number of nitrogens with one attached hydrogen (secondary N) is 1. The van der Waals surface area contributed by atoms with Gasteiger partial charge in [0.1, 0.15) is 0 Å². The summed E-state index contributed by atoms with van der Waals surface area (Å²) in [4.78, 5) is 0.235. The quantitative estimate of drug-likeness (QED) is 0.636. The van der Waals surface area contributed by atoms with Gasteiger partial charge in [0.05, 0.1) is 4.90 Å². The Morgan fingerprint density at radius 3 is 2.71 bits per heavy atom. The van der Waals surface area contributed by atoms with E-state index in [1.54, 1.807) is 24.8 Å². The zero-order valence-corrected chi connectivity index (χ0v) is 12.9. The third-order valence-electron chi connectivity index (χ3n) is 2.18. The number of sulfonamides is 1. The lowest BCUT2D eigenvalue weighted by Crippen LogP contribution is -2.26. The molecule has 0 aliphatic heterocycles. The van der Waals surface area contributed by atoms with Gasteiger partial charge in [-0.1, -0.05) is 0 Å². The van der Waals surface area contributed by atoms with Crippen LogP contribution in [-0.2, 0) is 10.0 Å². The molecule has 0 fully saturated rings. The number of benzene rings is 1. The summed E-state index contributed by atoms with van der Waals surface area (Å²) in [5, 5.41) is 0. The highest BCUT2D eigenvalue weighted by Gasteiger charge is 2.17. The monoisotopic (exact) mass is 338 g/mol. The van der Waals surface area contributed by atoms with E-state index in [1.165, 1.54) is 6.07 Å². The predicted octanol–water partition coefficient (Wildman–Crippen LogP) is 1.98. The first kappa shape index (κ1) is 14.8. The zero-order valence-electron chi connectivity index (χ0n) is 9.66. The molecule has 3 N–H and O–H groups in total. The third-order valence-corrected chi connectivity index (χ3v) is 5.08. The van der Waals surface area contributed by atoms with Crippen molar-refractivity contribution in [3.8, 4) is 0 Å². The van der Waals surface area contributed by atoms with Gasteiger partial charge >= 0.3 is 0 Å². The SMILES string of the molecule is CSCCNS(=O)(=O)c1cc(N)c(Br)cc1C. The standard InChI is InChI=1S/C10H15BrN2O2S2/c1-7-5-8(11)9(12)6-10(7)17(14,15)13-3-4-16-2/h5-6,13H,3-4,12H2,1-2H3. The maximum atomic E-state index is 12.0. The van der Waals surface area contributed by atoms with Gasteiger partial charge in [-0.2, -0.15) is 11.8 Å². The van der Waals surface area contributed by atoms with Gasteiger partial charge in [0.15, 0.2) is 0 Å². The highest BCUT2D eigenvalue weighted by atomic mass is 79.9. The minimum absolute atomic E-state index is 0.235. The van der Waals surface area contributed by atoms with E-state index in [0.29, 0.717) is 22.3 Å². The van der Waals surface area contributed by atoms with E-state index in [0.717, 1.165) is 5.75 Å². The van der Waals surface area contributed by atoms with Gasteiger partial charge in [-0.15, -0.1) is 0 Å². The Labute approximate surface area is 115 Å². The fourth-order valence-electron chi connectivity index (χ4n) is 1.31. The van der Waals surface area contributed by atoms with E-state index in [4.69, 9.17) is 5.73 Å². The summed E-state index contributed by atoms with van der Waals surface area (Å²) in [6, 6.07) is 3.18. The molecule has 0 spiro atoms.